The van der Waals surface area contributed by atoms with Crippen LogP contribution in [0.3, 0.4) is 0 Å². The third-order valence-electron chi connectivity index (χ3n) is 2.02. The Labute approximate surface area is 96.4 Å². The van der Waals surface area contributed by atoms with Crippen LogP contribution < -0.4 is 5.32 Å². The van der Waals surface area contributed by atoms with E-state index in [1.807, 2.05) is 7.05 Å². The summed E-state index contributed by atoms with van der Waals surface area (Å²) in [6, 6.07) is 4.60. The Kier molecular flexibility index (Phi) is 3.02. The average Bonchev–Trinajstić information content (AvgIpc) is 2.71. The normalized spacial score (nSPS) is 10.6. The molecule has 0 aliphatic carbocycles. The van der Waals surface area contributed by atoms with Gasteiger partial charge < -0.3 is 15.5 Å². The highest BCUT2D eigenvalue weighted by Crippen LogP contribution is 2.31. The van der Waals surface area contributed by atoms with E-state index in [1.165, 1.54) is 23.5 Å². The number of benzene rings is 1. The summed E-state index contributed by atoms with van der Waals surface area (Å²) in [4.78, 5) is 0. The van der Waals surface area contributed by atoms with E-state index in [2.05, 4.69) is 15.5 Å². The average molecular weight is 237 g/mol. The highest BCUT2D eigenvalue weighted by Gasteiger charge is 2.08. The zero-order valence-electron chi connectivity index (χ0n) is 8.64. The maximum Gasteiger partial charge on any atom is 0.158 e. The van der Waals surface area contributed by atoms with Gasteiger partial charge in [0.05, 0.1) is 0 Å². The highest BCUT2D eigenvalue weighted by molar-refractivity contribution is 7.14. The quantitative estimate of drug-likeness (QED) is 0.702. The molecule has 0 unspecified atom stereocenters. The van der Waals surface area contributed by atoms with Crippen molar-refractivity contribution in [3.05, 3.63) is 23.2 Å². The molecular weight excluding hydrogens is 226 g/mol. The molecule has 1 heterocycles. The van der Waals surface area contributed by atoms with E-state index in [4.69, 9.17) is 0 Å². The summed E-state index contributed by atoms with van der Waals surface area (Å²) >= 11 is 1.45. The Balaban J connectivity index is 2.31. The molecule has 5 nitrogen and oxygen atoms in total. The van der Waals surface area contributed by atoms with E-state index in [9.17, 15) is 10.2 Å². The number of nitrogens with one attached hydrogen (secondary N) is 1. The largest absolute Gasteiger partial charge is 0.504 e. The van der Waals surface area contributed by atoms with Crippen molar-refractivity contribution in [2.45, 2.75) is 6.54 Å². The fraction of sp³-hybridized carbons (Fsp3) is 0.200. The number of hydrogen-bond donors (Lipinski definition) is 3. The van der Waals surface area contributed by atoms with E-state index in [-0.39, 0.29) is 11.5 Å². The molecule has 0 fully saturated rings. The van der Waals surface area contributed by atoms with Crippen molar-refractivity contribution in [1.29, 1.82) is 0 Å². The molecule has 0 aliphatic rings. The number of rotatable bonds is 3. The Morgan fingerprint density at radius 1 is 1.25 bits per heavy atom. The summed E-state index contributed by atoms with van der Waals surface area (Å²) in [6.45, 7) is 0.668. The van der Waals surface area contributed by atoms with Crippen LogP contribution in [0.2, 0.25) is 0 Å². The molecule has 0 bridgehead atoms. The van der Waals surface area contributed by atoms with E-state index in [0.29, 0.717) is 6.54 Å². The molecule has 1 aromatic heterocycles. The van der Waals surface area contributed by atoms with Crippen LogP contribution in [-0.2, 0) is 6.54 Å². The second kappa shape index (κ2) is 4.46. The van der Waals surface area contributed by atoms with Gasteiger partial charge in [0.25, 0.3) is 0 Å². The third-order valence-corrected chi connectivity index (χ3v) is 2.99. The van der Waals surface area contributed by atoms with Crippen molar-refractivity contribution in [2.24, 2.45) is 0 Å². The number of hydrogen-bond acceptors (Lipinski definition) is 6. The van der Waals surface area contributed by atoms with Crippen LogP contribution in [0.4, 0.5) is 0 Å². The maximum absolute atomic E-state index is 9.37. The molecule has 0 aliphatic heterocycles. The lowest BCUT2D eigenvalue weighted by molar-refractivity contribution is 0.404. The van der Waals surface area contributed by atoms with Crippen LogP contribution in [-0.4, -0.2) is 27.5 Å². The summed E-state index contributed by atoms with van der Waals surface area (Å²) in [5.41, 5.74) is 0.746. The van der Waals surface area contributed by atoms with E-state index >= 15 is 0 Å². The van der Waals surface area contributed by atoms with E-state index in [1.54, 1.807) is 6.07 Å². The van der Waals surface area contributed by atoms with Crippen LogP contribution in [0.1, 0.15) is 5.01 Å². The smallest absolute Gasteiger partial charge is 0.158 e. The lowest BCUT2D eigenvalue weighted by Gasteiger charge is -1.98. The van der Waals surface area contributed by atoms with Crippen LogP contribution in [0.5, 0.6) is 11.5 Å². The second-order valence-corrected chi connectivity index (χ2v) is 4.30. The molecule has 0 atom stereocenters. The molecule has 84 valence electrons. The van der Waals surface area contributed by atoms with Gasteiger partial charge in [-0.05, 0) is 25.2 Å². The van der Waals surface area contributed by atoms with E-state index < -0.39 is 0 Å². The summed E-state index contributed by atoms with van der Waals surface area (Å²) in [6.07, 6.45) is 0. The van der Waals surface area contributed by atoms with Crippen molar-refractivity contribution in [3.8, 4) is 22.1 Å². The number of nitrogens with zero attached hydrogens (tertiary/aromatic N) is 2. The summed E-state index contributed by atoms with van der Waals surface area (Å²) < 4.78 is 0. The molecule has 16 heavy (non-hydrogen) atoms. The Hall–Kier alpha value is -1.66. The predicted octanol–water partition coefficient (Wildman–Crippen LogP) is 1.34. The first-order chi connectivity index (χ1) is 7.70. The minimum Gasteiger partial charge on any atom is -0.504 e. The molecule has 0 radical (unpaired) electrons. The van der Waals surface area contributed by atoms with Crippen LogP contribution >= 0.6 is 11.3 Å². The SMILES string of the molecule is CNCc1nnc(-c2ccc(O)c(O)c2)s1. The molecule has 1 aromatic carbocycles. The van der Waals surface area contributed by atoms with E-state index in [0.717, 1.165) is 15.6 Å². The maximum atomic E-state index is 9.37. The first kappa shape index (κ1) is 10.8. The fourth-order valence-electron chi connectivity index (χ4n) is 1.25. The number of phenolic OH excluding ortho intramolecular Hbond substituents is 2. The van der Waals surface area contributed by atoms with Gasteiger partial charge in [-0.3, -0.25) is 0 Å². The van der Waals surface area contributed by atoms with Crippen LogP contribution in [0.25, 0.3) is 10.6 Å². The second-order valence-electron chi connectivity index (χ2n) is 3.23. The molecule has 2 rings (SSSR count). The lowest BCUT2D eigenvalue weighted by atomic mass is 10.2. The topological polar surface area (TPSA) is 78.3 Å². The highest BCUT2D eigenvalue weighted by atomic mass is 32.1. The molecule has 3 N–H and O–H groups in total. The first-order valence-electron chi connectivity index (χ1n) is 4.70. The van der Waals surface area contributed by atoms with Gasteiger partial charge in [0, 0.05) is 12.1 Å². The zero-order valence-corrected chi connectivity index (χ0v) is 9.45. The Morgan fingerprint density at radius 3 is 2.75 bits per heavy atom. The molecule has 0 spiro atoms. The van der Waals surface area contributed by atoms with Gasteiger partial charge in [-0.1, -0.05) is 11.3 Å². The van der Waals surface area contributed by atoms with Crippen LogP contribution in [0, 0.1) is 0 Å². The first-order valence-corrected chi connectivity index (χ1v) is 5.51. The van der Waals surface area contributed by atoms with Crippen molar-refractivity contribution in [3.63, 3.8) is 0 Å². The summed E-state index contributed by atoms with van der Waals surface area (Å²) in [5.74, 6) is -0.286. The zero-order chi connectivity index (χ0) is 11.5. The van der Waals surface area contributed by atoms with Gasteiger partial charge in [0.1, 0.15) is 10.0 Å². The molecule has 0 amide bonds. The minimum atomic E-state index is -0.150. The van der Waals surface area contributed by atoms with Gasteiger partial charge in [-0.25, -0.2) is 0 Å². The van der Waals surface area contributed by atoms with Crippen molar-refractivity contribution in [2.75, 3.05) is 7.05 Å². The van der Waals surface area contributed by atoms with Crippen molar-refractivity contribution in [1.82, 2.24) is 15.5 Å². The monoisotopic (exact) mass is 237 g/mol. The minimum absolute atomic E-state index is 0.135. The van der Waals surface area contributed by atoms with Crippen LogP contribution in [0.15, 0.2) is 18.2 Å². The summed E-state index contributed by atoms with van der Waals surface area (Å²) in [5, 5.41) is 31.2. The number of aromatic hydroxyl groups is 2. The Morgan fingerprint density at radius 2 is 2.06 bits per heavy atom. The number of aromatic nitrogens is 2. The van der Waals surface area contributed by atoms with Gasteiger partial charge in [-0.15, -0.1) is 10.2 Å². The van der Waals surface area contributed by atoms with Crippen molar-refractivity contribution < 1.29 is 10.2 Å². The third kappa shape index (κ3) is 2.12. The predicted molar refractivity (Wildman–Crippen MR) is 61.4 cm³/mol. The molecule has 0 saturated carbocycles. The molecule has 0 saturated heterocycles. The van der Waals surface area contributed by atoms with Gasteiger partial charge in [0.2, 0.25) is 0 Å². The lowest BCUT2D eigenvalue weighted by Crippen LogP contribution is -2.04. The molecule has 6 heteroatoms. The van der Waals surface area contributed by atoms with Gasteiger partial charge >= 0.3 is 0 Å². The summed E-state index contributed by atoms with van der Waals surface area (Å²) in [7, 11) is 1.84. The van der Waals surface area contributed by atoms with Crippen molar-refractivity contribution >= 4 is 11.3 Å². The molecular formula is C10H11N3O2S. The van der Waals surface area contributed by atoms with Gasteiger partial charge in [-0.2, -0.15) is 0 Å². The molecule has 2 aromatic rings. The number of phenols is 2. The Bertz CT molecular complexity index is 499. The van der Waals surface area contributed by atoms with Gasteiger partial charge in [0.15, 0.2) is 11.5 Å². The standard InChI is InChI=1S/C10H11N3O2S/c1-11-5-9-12-13-10(16-9)6-2-3-7(14)8(15)4-6/h2-4,11,14-15H,5H2,1H3. The fourth-order valence-corrected chi connectivity index (χ4v) is 2.10.